The van der Waals surface area contributed by atoms with Gasteiger partial charge in [-0.1, -0.05) is 35.9 Å². The average Bonchev–Trinajstić information content (AvgIpc) is 3.52. The number of nitrogens with one attached hydrogen (secondary N) is 1. The van der Waals surface area contributed by atoms with Crippen LogP contribution in [0, 0.1) is 29.6 Å². The highest BCUT2D eigenvalue weighted by Crippen LogP contribution is 2.37. The van der Waals surface area contributed by atoms with Crippen molar-refractivity contribution in [3.8, 4) is 33.8 Å². The molecule has 1 amide bonds. The Bertz CT molecular complexity index is 1410. The van der Waals surface area contributed by atoms with E-state index in [9.17, 15) is 15.3 Å². The molecule has 1 aromatic carbocycles. The lowest BCUT2D eigenvalue weighted by molar-refractivity contribution is -0.115. The quantitative estimate of drug-likeness (QED) is 0.311. The number of thioether (sulfide) groups is 1. The summed E-state index contributed by atoms with van der Waals surface area (Å²) in [6.45, 7) is 2.03. The molecule has 0 fully saturated rings. The minimum Gasteiger partial charge on any atom is -0.383 e. The number of nitriles is 2. The van der Waals surface area contributed by atoms with Crippen molar-refractivity contribution in [2.24, 2.45) is 0 Å². The lowest BCUT2D eigenvalue weighted by Gasteiger charge is -2.11. The van der Waals surface area contributed by atoms with Crippen molar-refractivity contribution in [1.82, 2.24) is 9.97 Å². The van der Waals surface area contributed by atoms with Gasteiger partial charge in [0.1, 0.15) is 28.5 Å². The van der Waals surface area contributed by atoms with Gasteiger partial charge >= 0.3 is 0 Å². The van der Waals surface area contributed by atoms with Crippen molar-refractivity contribution in [1.29, 1.82) is 10.5 Å². The van der Waals surface area contributed by atoms with Crippen LogP contribution in [-0.4, -0.2) is 21.6 Å². The number of nitrogens with two attached hydrogens (primary N) is 1. The van der Waals surface area contributed by atoms with E-state index in [4.69, 9.17) is 5.73 Å². The molecular weight excluding hydrogens is 485 g/mol. The first-order valence-electron chi connectivity index (χ1n) is 10.1. The summed E-state index contributed by atoms with van der Waals surface area (Å²) in [4.78, 5) is 22.0. The van der Waals surface area contributed by atoms with E-state index in [1.165, 1.54) is 40.0 Å². The van der Waals surface area contributed by atoms with E-state index in [0.29, 0.717) is 27.0 Å². The number of pyridine rings is 1. The third-order valence-electron chi connectivity index (χ3n) is 4.85. The monoisotopic (exact) mass is 502 g/mol. The van der Waals surface area contributed by atoms with E-state index in [-0.39, 0.29) is 23.7 Å². The van der Waals surface area contributed by atoms with Gasteiger partial charge in [-0.3, -0.25) is 4.79 Å². The summed E-state index contributed by atoms with van der Waals surface area (Å²) in [6, 6.07) is 15.9. The fourth-order valence-electron chi connectivity index (χ4n) is 3.18. The summed E-state index contributed by atoms with van der Waals surface area (Å²) in [6.07, 6.45) is 0.199. The van der Waals surface area contributed by atoms with Gasteiger partial charge in [0.15, 0.2) is 5.13 Å². The first kappa shape index (κ1) is 23.5. The number of carbonyl (C=O) groups excluding carboxylic acids is 1. The molecule has 0 aliphatic carbocycles. The normalized spacial score (nSPS) is 10.4. The van der Waals surface area contributed by atoms with E-state index in [1.54, 1.807) is 0 Å². The van der Waals surface area contributed by atoms with Gasteiger partial charge < -0.3 is 11.1 Å². The molecule has 3 aromatic heterocycles. The highest BCUT2D eigenvalue weighted by atomic mass is 32.2. The zero-order chi connectivity index (χ0) is 24.1. The van der Waals surface area contributed by atoms with Gasteiger partial charge in [0.25, 0.3) is 0 Å². The van der Waals surface area contributed by atoms with Crippen molar-refractivity contribution >= 4 is 51.3 Å². The number of anilines is 2. The Morgan fingerprint density at radius 3 is 2.56 bits per heavy atom. The second kappa shape index (κ2) is 10.5. The van der Waals surface area contributed by atoms with Gasteiger partial charge in [0.05, 0.1) is 11.3 Å². The molecule has 3 N–H and O–H groups in total. The summed E-state index contributed by atoms with van der Waals surface area (Å²) in [5.41, 5.74) is 9.97. The van der Waals surface area contributed by atoms with E-state index >= 15 is 0 Å². The SMILES string of the molecule is Cc1ccc(-c2csc(NC(=O)CCSc3nc(N)c(C#N)c(-c4cccs4)c3C#N)n2)cc1. The molecular formula is C24H18N6OS3. The number of benzene rings is 1. The molecule has 4 aromatic rings. The number of carbonyl (C=O) groups is 1. The van der Waals surface area contributed by atoms with Gasteiger partial charge in [0, 0.05) is 33.6 Å². The van der Waals surface area contributed by atoms with Crippen molar-refractivity contribution < 1.29 is 4.79 Å². The fraction of sp³-hybridized carbons (Fsp3) is 0.125. The molecule has 0 unspecified atom stereocenters. The van der Waals surface area contributed by atoms with E-state index in [0.717, 1.165) is 16.1 Å². The predicted octanol–water partition coefficient (Wildman–Crippen LogP) is 5.69. The lowest BCUT2D eigenvalue weighted by Crippen LogP contribution is -2.12. The Morgan fingerprint density at radius 1 is 1.12 bits per heavy atom. The van der Waals surface area contributed by atoms with Gasteiger partial charge in [-0.25, -0.2) is 9.97 Å². The maximum Gasteiger partial charge on any atom is 0.226 e. The molecule has 0 aliphatic rings. The minimum absolute atomic E-state index is 0.0725. The Hall–Kier alpha value is -3.70. The van der Waals surface area contributed by atoms with E-state index in [1.807, 2.05) is 54.1 Å². The number of nitrogen functional groups attached to an aromatic ring is 1. The molecule has 0 spiro atoms. The average molecular weight is 503 g/mol. The topological polar surface area (TPSA) is 128 Å². The summed E-state index contributed by atoms with van der Waals surface area (Å²) in [7, 11) is 0. The number of amides is 1. The third kappa shape index (κ3) is 5.10. The first-order valence-corrected chi connectivity index (χ1v) is 12.9. The minimum atomic E-state index is -0.184. The standard InChI is InChI=1S/C24H18N6OS3/c1-14-4-6-15(7-5-14)18-13-34-24(28-18)29-20(31)8-10-33-23-17(12-26)21(19-3-2-9-32-19)16(11-25)22(27)30-23/h2-7,9,13H,8,10H2,1H3,(H2,27,30)(H,28,29,31). The number of thiazole rings is 1. The van der Waals surface area contributed by atoms with Crippen molar-refractivity contribution in [3.63, 3.8) is 0 Å². The van der Waals surface area contributed by atoms with Crippen LogP contribution < -0.4 is 11.1 Å². The molecule has 34 heavy (non-hydrogen) atoms. The van der Waals surface area contributed by atoms with Crippen LogP contribution >= 0.6 is 34.4 Å². The molecule has 0 atom stereocenters. The van der Waals surface area contributed by atoms with Gasteiger partial charge in [-0.05, 0) is 18.4 Å². The molecule has 0 aliphatic heterocycles. The molecule has 10 heteroatoms. The molecule has 0 saturated carbocycles. The molecule has 4 rings (SSSR count). The number of nitrogens with zero attached hydrogens (tertiary/aromatic N) is 4. The zero-order valence-electron chi connectivity index (χ0n) is 18.0. The lowest BCUT2D eigenvalue weighted by atomic mass is 10.0. The highest BCUT2D eigenvalue weighted by Gasteiger charge is 2.21. The summed E-state index contributed by atoms with van der Waals surface area (Å²) in [5, 5.41) is 26.9. The van der Waals surface area contributed by atoms with Crippen molar-refractivity contribution in [3.05, 3.63) is 63.8 Å². The van der Waals surface area contributed by atoms with E-state index in [2.05, 4.69) is 27.4 Å². The second-order valence-electron chi connectivity index (χ2n) is 7.18. The van der Waals surface area contributed by atoms with Crippen LogP contribution in [0.25, 0.3) is 21.7 Å². The molecule has 3 heterocycles. The number of aryl methyl sites for hydroxylation is 1. The summed E-state index contributed by atoms with van der Waals surface area (Å²) >= 11 is 4.05. The Morgan fingerprint density at radius 2 is 1.88 bits per heavy atom. The molecule has 168 valence electrons. The second-order valence-corrected chi connectivity index (χ2v) is 10.1. The van der Waals surface area contributed by atoms with Gasteiger partial charge in [0.2, 0.25) is 5.91 Å². The zero-order valence-corrected chi connectivity index (χ0v) is 20.5. The summed E-state index contributed by atoms with van der Waals surface area (Å²) < 4.78 is 0. The smallest absolute Gasteiger partial charge is 0.226 e. The number of rotatable bonds is 7. The maximum absolute atomic E-state index is 12.5. The predicted molar refractivity (Wildman–Crippen MR) is 138 cm³/mol. The third-order valence-corrected chi connectivity index (χ3v) is 7.47. The van der Waals surface area contributed by atoms with Crippen LogP contribution in [0.5, 0.6) is 0 Å². The van der Waals surface area contributed by atoms with Crippen molar-refractivity contribution in [2.75, 3.05) is 16.8 Å². The fourth-order valence-corrected chi connectivity index (χ4v) is 5.63. The number of aromatic nitrogens is 2. The Labute approximate surface area is 208 Å². The Balaban J connectivity index is 1.43. The van der Waals surface area contributed by atoms with Gasteiger partial charge in [-0.15, -0.1) is 34.4 Å². The number of hydrogen-bond donors (Lipinski definition) is 2. The first-order chi connectivity index (χ1) is 16.5. The molecule has 0 bridgehead atoms. The number of thiophene rings is 1. The molecule has 0 radical (unpaired) electrons. The van der Waals surface area contributed by atoms with Crippen LogP contribution in [0.15, 0.2) is 52.2 Å². The largest absolute Gasteiger partial charge is 0.383 e. The van der Waals surface area contributed by atoms with Crippen molar-refractivity contribution in [2.45, 2.75) is 18.4 Å². The highest BCUT2D eigenvalue weighted by molar-refractivity contribution is 7.99. The van der Waals surface area contributed by atoms with Crippen LogP contribution in [-0.2, 0) is 4.79 Å². The van der Waals surface area contributed by atoms with Crippen LogP contribution in [0.2, 0.25) is 0 Å². The molecule has 7 nitrogen and oxygen atoms in total. The van der Waals surface area contributed by atoms with Crippen LogP contribution in [0.4, 0.5) is 10.9 Å². The Kier molecular flexibility index (Phi) is 7.24. The van der Waals surface area contributed by atoms with Crippen LogP contribution in [0.3, 0.4) is 0 Å². The number of hydrogen-bond acceptors (Lipinski definition) is 9. The van der Waals surface area contributed by atoms with Gasteiger partial charge in [-0.2, -0.15) is 10.5 Å². The summed E-state index contributed by atoms with van der Waals surface area (Å²) in [5.74, 6) is 0.276. The maximum atomic E-state index is 12.5. The molecule has 0 saturated heterocycles. The van der Waals surface area contributed by atoms with Crippen LogP contribution in [0.1, 0.15) is 23.1 Å². The van der Waals surface area contributed by atoms with E-state index < -0.39 is 0 Å².